The number of piperidine rings is 1. The Hall–Kier alpha value is -3.13. The zero-order chi connectivity index (χ0) is 19.1. The number of benzene rings is 1. The molecular formula is C20H20N4O4. The number of likely N-dealkylation sites (tertiary alicyclic amines) is 1. The van der Waals surface area contributed by atoms with Gasteiger partial charge in [-0.1, -0.05) is 6.42 Å². The highest BCUT2D eigenvalue weighted by Crippen LogP contribution is 2.37. The lowest BCUT2D eigenvalue weighted by Gasteiger charge is -2.32. The lowest BCUT2D eigenvalue weighted by Crippen LogP contribution is -2.44. The number of carboxylic acid groups (broad SMARTS) is 1. The van der Waals surface area contributed by atoms with Crippen molar-refractivity contribution in [3.05, 3.63) is 42.4 Å². The number of carbonyl (C=O) groups is 1. The molecule has 8 heteroatoms. The molecule has 0 bridgehead atoms. The maximum atomic E-state index is 11.7. The molecule has 1 saturated heterocycles. The summed E-state index contributed by atoms with van der Waals surface area (Å²) in [5, 5.41) is 9.64. The number of rotatable bonds is 4. The van der Waals surface area contributed by atoms with Crippen LogP contribution < -0.4 is 9.47 Å². The van der Waals surface area contributed by atoms with Gasteiger partial charge < -0.3 is 14.6 Å². The van der Waals surface area contributed by atoms with Crippen molar-refractivity contribution in [3.8, 4) is 22.8 Å². The first-order valence-corrected chi connectivity index (χ1v) is 9.39. The number of imidazole rings is 1. The van der Waals surface area contributed by atoms with E-state index in [1.54, 1.807) is 6.20 Å². The number of hydrogen-bond donors (Lipinski definition) is 1. The molecule has 3 aromatic rings. The van der Waals surface area contributed by atoms with Crippen molar-refractivity contribution in [1.29, 1.82) is 0 Å². The van der Waals surface area contributed by atoms with Crippen LogP contribution in [0, 0.1) is 0 Å². The van der Waals surface area contributed by atoms with Gasteiger partial charge in [-0.15, -0.1) is 0 Å². The van der Waals surface area contributed by atoms with Gasteiger partial charge in [0.15, 0.2) is 11.5 Å². The van der Waals surface area contributed by atoms with E-state index in [1.807, 2.05) is 39.8 Å². The van der Waals surface area contributed by atoms with Crippen LogP contribution in [0.3, 0.4) is 0 Å². The van der Waals surface area contributed by atoms with Gasteiger partial charge in [-0.3, -0.25) is 14.1 Å². The summed E-state index contributed by atoms with van der Waals surface area (Å²) in [5.74, 6) is 1.23. The minimum absolute atomic E-state index is 0.215. The van der Waals surface area contributed by atoms with Crippen LogP contribution in [-0.2, 0) is 11.3 Å². The van der Waals surface area contributed by atoms with Gasteiger partial charge >= 0.3 is 5.97 Å². The van der Waals surface area contributed by atoms with Crippen LogP contribution in [0.2, 0.25) is 0 Å². The first kappa shape index (κ1) is 17.0. The fourth-order valence-electron chi connectivity index (χ4n) is 4.01. The van der Waals surface area contributed by atoms with E-state index in [2.05, 4.69) is 4.98 Å². The SMILES string of the molecule is O=C(O)[C@H]1CCCCN1Cc1c(-c2ccc3c(c2)OCO3)nc2ncccn12. The summed E-state index contributed by atoms with van der Waals surface area (Å²) in [6.07, 6.45) is 6.23. The number of nitrogens with zero attached hydrogens (tertiary/aromatic N) is 4. The largest absolute Gasteiger partial charge is 0.480 e. The Bertz CT molecular complexity index is 1050. The molecule has 0 saturated carbocycles. The smallest absolute Gasteiger partial charge is 0.320 e. The van der Waals surface area contributed by atoms with E-state index in [9.17, 15) is 9.90 Å². The van der Waals surface area contributed by atoms with Crippen LogP contribution >= 0.6 is 0 Å². The van der Waals surface area contributed by atoms with Crippen LogP contribution in [0.25, 0.3) is 17.0 Å². The van der Waals surface area contributed by atoms with E-state index in [1.165, 1.54) is 0 Å². The highest BCUT2D eigenvalue weighted by Gasteiger charge is 2.30. The molecule has 2 aromatic heterocycles. The van der Waals surface area contributed by atoms with Crippen LogP contribution in [0.5, 0.6) is 11.5 Å². The summed E-state index contributed by atoms with van der Waals surface area (Å²) in [7, 11) is 0. The van der Waals surface area contributed by atoms with E-state index < -0.39 is 12.0 Å². The van der Waals surface area contributed by atoms with Gasteiger partial charge in [0.2, 0.25) is 12.6 Å². The average molecular weight is 380 g/mol. The van der Waals surface area contributed by atoms with Crippen molar-refractivity contribution < 1.29 is 19.4 Å². The van der Waals surface area contributed by atoms with Gasteiger partial charge in [-0.25, -0.2) is 9.97 Å². The van der Waals surface area contributed by atoms with E-state index in [0.29, 0.717) is 30.2 Å². The number of hydrogen-bond acceptors (Lipinski definition) is 6. The maximum absolute atomic E-state index is 11.7. The van der Waals surface area contributed by atoms with Gasteiger partial charge in [0, 0.05) is 24.5 Å². The molecule has 28 heavy (non-hydrogen) atoms. The summed E-state index contributed by atoms with van der Waals surface area (Å²) in [5.41, 5.74) is 2.61. The number of ether oxygens (including phenoxy) is 2. The standard InChI is InChI=1S/C20H20N4O4/c25-19(26)14-4-1-2-8-23(14)11-15-18(22-20-21-7-3-9-24(15)20)13-5-6-16-17(10-13)28-12-27-16/h3,5-7,9-10,14H,1-2,4,8,11-12H2,(H,25,26)/t14-/m1/s1. The second kappa shape index (κ2) is 6.79. The van der Waals surface area contributed by atoms with E-state index in [-0.39, 0.29) is 6.79 Å². The van der Waals surface area contributed by atoms with E-state index in [0.717, 1.165) is 36.3 Å². The Morgan fingerprint density at radius 1 is 1.25 bits per heavy atom. The predicted molar refractivity (Wildman–Crippen MR) is 100 cm³/mol. The molecule has 0 unspecified atom stereocenters. The molecular weight excluding hydrogens is 360 g/mol. The van der Waals surface area contributed by atoms with E-state index in [4.69, 9.17) is 14.5 Å². The minimum Gasteiger partial charge on any atom is -0.480 e. The van der Waals surface area contributed by atoms with Crippen LogP contribution in [0.4, 0.5) is 0 Å². The zero-order valence-corrected chi connectivity index (χ0v) is 15.2. The van der Waals surface area contributed by atoms with Crippen molar-refractivity contribution >= 4 is 11.7 Å². The summed E-state index contributed by atoms with van der Waals surface area (Å²) in [4.78, 5) is 22.9. The third kappa shape index (κ3) is 2.86. The summed E-state index contributed by atoms with van der Waals surface area (Å²) >= 11 is 0. The van der Waals surface area contributed by atoms with Crippen molar-refractivity contribution in [2.24, 2.45) is 0 Å². The second-order valence-electron chi connectivity index (χ2n) is 7.09. The highest BCUT2D eigenvalue weighted by molar-refractivity contribution is 5.74. The first-order valence-electron chi connectivity index (χ1n) is 9.39. The topological polar surface area (TPSA) is 89.2 Å². The average Bonchev–Trinajstić information content (AvgIpc) is 3.32. The maximum Gasteiger partial charge on any atom is 0.320 e. The van der Waals surface area contributed by atoms with Gasteiger partial charge in [0.05, 0.1) is 11.4 Å². The van der Waals surface area contributed by atoms with E-state index >= 15 is 0 Å². The van der Waals surface area contributed by atoms with Gasteiger partial charge in [0.25, 0.3) is 0 Å². The molecule has 0 aliphatic carbocycles. The highest BCUT2D eigenvalue weighted by atomic mass is 16.7. The Labute approximate surface area is 161 Å². The number of aromatic nitrogens is 3. The number of fused-ring (bicyclic) bond motifs is 2. The molecule has 1 atom stereocenters. The molecule has 144 valence electrons. The molecule has 0 radical (unpaired) electrons. The second-order valence-corrected chi connectivity index (χ2v) is 7.09. The Morgan fingerprint density at radius 2 is 2.14 bits per heavy atom. The molecule has 1 fully saturated rings. The summed E-state index contributed by atoms with van der Waals surface area (Å²) < 4.78 is 12.9. The fourth-order valence-corrected chi connectivity index (χ4v) is 4.01. The Kier molecular flexibility index (Phi) is 4.12. The van der Waals surface area contributed by atoms with Gasteiger partial charge in [-0.2, -0.15) is 0 Å². The zero-order valence-electron chi connectivity index (χ0n) is 15.2. The molecule has 0 spiro atoms. The molecule has 8 nitrogen and oxygen atoms in total. The molecule has 1 aromatic carbocycles. The van der Waals surface area contributed by atoms with Crippen molar-refractivity contribution in [3.63, 3.8) is 0 Å². The van der Waals surface area contributed by atoms with Crippen LogP contribution in [0.1, 0.15) is 25.0 Å². The number of aliphatic carboxylic acids is 1. The molecule has 4 heterocycles. The Morgan fingerprint density at radius 3 is 3.04 bits per heavy atom. The Balaban J connectivity index is 1.59. The van der Waals surface area contributed by atoms with Crippen LogP contribution in [0.15, 0.2) is 36.7 Å². The third-order valence-electron chi connectivity index (χ3n) is 5.40. The molecule has 5 rings (SSSR count). The van der Waals surface area contributed by atoms with Crippen molar-refractivity contribution in [2.45, 2.75) is 31.8 Å². The normalized spacial score (nSPS) is 19.2. The summed E-state index contributed by atoms with van der Waals surface area (Å²) in [6.45, 7) is 1.46. The quantitative estimate of drug-likeness (QED) is 0.744. The predicted octanol–water partition coefficient (Wildman–Crippen LogP) is 2.56. The molecule has 0 amide bonds. The monoisotopic (exact) mass is 380 g/mol. The van der Waals surface area contributed by atoms with Crippen molar-refractivity contribution in [1.82, 2.24) is 19.3 Å². The fraction of sp³-hybridized carbons (Fsp3) is 0.350. The summed E-state index contributed by atoms with van der Waals surface area (Å²) in [6, 6.07) is 7.12. The minimum atomic E-state index is -0.767. The van der Waals surface area contributed by atoms with Gasteiger partial charge in [-0.05, 0) is 43.7 Å². The van der Waals surface area contributed by atoms with Crippen molar-refractivity contribution in [2.75, 3.05) is 13.3 Å². The van der Waals surface area contributed by atoms with Crippen LogP contribution in [-0.4, -0.2) is 49.7 Å². The number of carboxylic acids is 1. The third-order valence-corrected chi connectivity index (χ3v) is 5.40. The lowest BCUT2D eigenvalue weighted by molar-refractivity contribution is -0.144. The first-order chi connectivity index (χ1) is 13.7. The molecule has 2 aliphatic heterocycles. The molecule has 2 aliphatic rings. The lowest BCUT2D eigenvalue weighted by atomic mass is 10.0. The molecule has 1 N–H and O–H groups in total. The van der Waals surface area contributed by atoms with Gasteiger partial charge in [0.1, 0.15) is 6.04 Å².